The number of amides is 2. The number of hydrogen-bond acceptors (Lipinski definition) is 3. The summed E-state index contributed by atoms with van der Waals surface area (Å²) in [7, 11) is 0. The predicted octanol–water partition coefficient (Wildman–Crippen LogP) is 2.59. The van der Waals surface area contributed by atoms with E-state index in [-0.39, 0.29) is 11.8 Å². The van der Waals surface area contributed by atoms with E-state index in [9.17, 15) is 9.59 Å². The van der Waals surface area contributed by atoms with Gasteiger partial charge in [-0.3, -0.25) is 9.59 Å². The molecule has 0 spiro atoms. The number of halogens is 1. The van der Waals surface area contributed by atoms with Gasteiger partial charge in [-0.05, 0) is 47.3 Å². The van der Waals surface area contributed by atoms with Gasteiger partial charge in [0.05, 0.1) is 4.47 Å². The molecule has 1 aliphatic rings. The van der Waals surface area contributed by atoms with Crippen LogP contribution in [0.3, 0.4) is 0 Å². The Morgan fingerprint density at radius 3 is 2.74 bits per heavy atom. The summed E-state index contributed by atoms with van der Waals surface area (Å²) in [4.78, 5) is 26.5. The number of rotatable bonds is 5. The number of para-hydroxylation sites is 1. The summed E-state index contributed by atoms with van der Waals surface area (Å²) in [6, 6.07) is 7.00. The van der Waals surface area contributed by atoms with E-state index in [0.717, 1.165) is 4.47 Å². The van der Waals surface area contributed by atoms with Crippen molar-refractivity contribution in [2.45, 2.75) is 39.3 Å². The van der Waals surface area contributed by atoms with E-state index in [4.69, 9.17) is 4.74 Å². The van der Waals surface area contributed by atoms with Crippen LogP contribution in [0.5, 0.6) is 5.75 Å². The third-order valence-corrected chi connectivity index (χ3v) is 4.45. The van der Waals surface area contributed by atoms with Crippen LogP contribution in [0.15, 0.2) is 28.7 Å². The zero-order valence-corrected chi connectivity index (χ0v) is 15.3. The van der Waals surface area contributed by atoms with Crippen molar-refractivity contribution in [3.05, 3.63) is 28.7 Å². The molecule has 2 rings (SSSR count). The molecule has 1 aliphatic heterocycles. The summed E-state index contributed by atoms with van der Waals surface area (Å²) in [6.45, 7) is 6.82. The van der Waals surface area contributed by atoms with Crippen LogP contribution in [0, 0.1) is 5.92 Å². The Morgan fingerprint density at radius 1 is 1.39 bits per heavy atom. The normalized spacial score (nSPS) is 19.4. The van der Waals surface area contributed by atoms with E-state index in [1.54, 1.807) is 11.8 Å². The molecule has 0 saturated carbocycles. The van der Waals surface area contributed by atoms with Crippen molar-refractivity contribution in [2.75, 3.05) is 13.1 Å². The van der Waals surface area contributed by atoms with Gasteiger partial charge in [-0.25, -0.2) is 0 Å². The molecule has 0 aromatic heterocycles. The molecule has 2 amide bonds. The number of nitrogens with one attached hydrogen (secondary N) is 1. The molecule has 23 heavy (non-hydrogen) atoms. The summed E-state index contributed by atoms with van der Waals surface area (Å²) in [5.74, 6) is 0.724. The summed E-state index contributed by atoms with van der Waals surface area (Å²) in [5.41, 5.74) is 0. The number of hydrogen-bond donors (Lipinski definition) is 1. The number of benzene rings is 1. The summed E-state index contributed by atoms with van der Waals surface area (Å²) in [6.07, 6.45) is 0.00791. The Labute approximate surface area is 145 Å². The largest absolute Gasteiger partial charge is 0.480 e. The Kier molecular flexibility index (Phi) is 6.04. The summed E-state index contributed by atoms with van der Waals surface area (Å²) < 4.78 is 6.58. The first-order valence-electron chi connectivity index (χ1n) is 7.89. The van der Waals surface area contributed by atoms with Gasteiger partial charge in [0.25, 0.3) is 5.91 Å². The van der Waals surface area contributed by atoms with Crippen LogP contribution >= 0.6 is 15.9 Å². The molecule has 5 nitrogen and oxygen atoms in total. The first-order valence-corrected chi connectivity index (χ1v) is 8.68. The van der Waals surface area contributed by atoms with Crippen LogP contribution in [-0.4, -0.2) is 41.9 Å². The van der Waals surface area contributed by atoms with E-state index < -0.39 is 12.1 Å². The molecular weight excluding hydrogens is 360 g/mol. The van der Waals surface area contributed by atoms with Gasteiger partial charge < -0.3 is 15.0 Å². The molecule has 0 radical (unpaired) electrons. The molecule has 1 N–H and O–H groups in total. The molecule has 1 aromatic rings. The number of nitrogens with zero attached hydrogens (tertiary/aromatic N) is 1. The quantitative estimate of drug-likeness (QED) is 0.851. The Balaban J connectivity index is 2.10. The molecular formula is C17H23BrN2O3. The van der Waals surface area contributed by atoms with Crippen LogP contribution in [-0.2, 0) is 9.59 Å². The van der Waals surface area contributed by atoms with Gasteiger partial charge in [0.1, 0.15) is 11.8 Å². The highest BCUT2D eigenvalue weighted by molar-refractivity contribution is 9.10. The number of piperazine rings is 1. The molecule has 0 aliphatic carbocycles. The molecule has 1 heterocycles. The van der Waals surface area contributed by atoms with Crippen LogP contribution < -0.4 is 10.1 Å². The smallest absolute Gasteiger partial charge is 0.264 e. The van der Waals surface area contributed by atoms with E-state index in [0.29, 0.717) is 31.2 Å². The molecule has 2 atom stereocenters. The van der Waals surface area contributed by atoms with Crippen molar-refractivity contribution in [3.8, 4) is 5.75 Å². The molecule has 1 aromatic carbocycles. The third-order valence-electron chi connectivity index (χ3n) is 3.80. The number of ether oxygens (including phenoxy) is 1. The van der Waals surface area contributed by atoms with Gasteiger partial charge in [0.15, 0.2) is 6.10 Å². The van der Waals surface area contributed by atoms with E-state index in [1.165, 1.54) is 0 Å². The second kappa shape index (κ2) is 7.81. The molecule has 0 bridgehead atoms. The lowest BCUT2D eigenvalue weighted by Gasteiger charge is -2.37. The van der Waals surface area contributed by atoms with Gasteiger partial charge in [-0.2, -0.15) is 0 Å². The lowest BCUT2D eigenvalue weighted by Crippen LogP contribution is -2.59. The minimum absolute atomic E-state index is 0.0774. The van der Waals surface area contributed by atoms with Crippen LogP contribution in [0.4, 0.5) is 0 Å². The second-order valence-corrected chi connectivity index (χ2v) is 7.01. The Morgan fingerprint density at radius 2 is 2.09 bits per heavy atom. The molecule has 6 heteroatoms. The zero-order valence-electron chi connectivity index (χ0n) is 13.7. The monoisotopic (exact) mass is 382 g/mol. The highest BCUT2D eigenvalue weighted by Crippen LogP contribution is 2.25. The lowest BCUT2D eigenvalue weighted by molar-refractivity contribution is -0.148. The third kappa shape index (κ3) is 4.47. The van der Waals surface area contributed by atoms with Crippen LogP contribution in [0.1, 0.15) is 27.2 Å². The molecule has 126 valence electrons. The Hall–Kier alpha value is -1.56. The fourth-order valence-corrected chi connectivity index (χ4v) is 3.05. The van der Waals surface area contributed by atoms with E-state index in [2.05, 4.69) is 21.2 Å². The highest BCUT2D eigenvalue weighted by atomic mass is 79.9. The van der Waals surface area contributed by atoms with Gasteiger partial charge in [0, 0.05) is 13.1 Å². The minimum atomic E-state index is -0.644. The van der Waals surface area contributed by atoms with E-state index >= 15 is 0 Å². The van der Waals surface area contributed by atoms with E-state index in [1.807, 2.05) is 38.1 Å². The van der Waals surface area contributed by atoms with Crippen molar-refractivity contribution >= 4 is 27.7 Å². The minimum Gasteiger partial charge on any atom is -0.480 e. The van der Waals surface area contributed by atoms with Crippen LogP contribution in [0.25, 0.3) is 0 Å². The number of carbonyl (C=O) groups excluding carboxylic acids is 2. The van der Waals surface area contributed by atoms with Crippen molar-refractivity contribution in [3.63, 3.8) is 0 Å². The zero-order chi connectivity index (χ0) is 17.0. The van der Waals surface area contributed by atoms with Gasteiger partial charge >= 0.3 is 0 Å². The lowest BCUT2D eigenvalue weighted by atomic mass is 9.99. The maximum absolute atomic E-state index is 12.8. The average molecular weight is 383 g/mol. The van der Waals surface area contributed by atoms with Crippen molar-refractivity contribution in [2.24, 2.45) is 5.92 Å². The highest BCUT2D eigenvalue weighted by Gasteiger charge is 2.35. The maximum Gasteiger partial charge on any atom is 0.264 e. The predicted molar refractivity (Wildman–Crippen MR) is 92.2 cm³/mol. The van der Waals surface area contributed by atoms with Gasteiger partial charge in [0.2, 0.25) is 5.91 Å². The average Bonchev–Trinajstić information content (AvgIpc) is 2.50. The SMILES string of the molecule is CC(C)C[C@@H]1C(=O)NCCN1C(=O)[C@@H](C)Oc1ccccc1Br. The van der Waals surface area contributed by atoms with Crippen LogP contribution in [0.2, 0.25) is 0 Å². The first-order chi connectivity index (χ1) is 10.9. The molecule has 0 unspecified atom stereocenters. The molecule has 1 saturated heterocycles. The number of carbonyl (C=O) groups is 2. The maximum atomic E-state index is 12.8. The first kappa shape index (κ1) is 17.8. The fraction of sp³-hybridized carbons (Fsp3) is 0.529. The fourth-order valence-electron chi connectivity index (χ4n) is 2.67. The summed E-state index contributed by atoms with van der Waals surface area (Å²) in [5, 5.41) is 2.84. The Bertz CT molecular complexity index is 577. The van der Waals surface area contributed by atoms with Crippen molar-refractivity contribution in [1.29, 1.82) is 0 Å². The van der Waals surface area contributed by atoms with Crippen molar-refractivity contribution in [1.82, 2.24) is 10.2 Å². The van der Waals surface area contributed by atoms with Gasteiger partial charge in [-0.1, -0.05) is 26.0 Å². The van der Waals surface area contributed by atoms with Crippen molar-refractivity contribution < 1.29 is 14.3 Å². The van der Waals surface area contributed by atoms with Gasteiger partial charge in [-0.15, -0.1) is 0 Å². The molecule has 1 fully saturated rings. The topological polar surface area (TPSA) is 58.6 Å². The second-order valence-electron chi connectivity index (χ2n) is 6.16. The summed E-state index contributed by atoms with van der Waals surface area (Å²) >= 11 is 3.41. The standard InChI is InChI=1S/C17H23BrN2O3/c1-11(2)10-14-16(21)19-8-9-20(14)17(22)12(3)23-15-7-5-4-6-13(15)18/h4-7,11-12,14H,8-10H2,1-3H3,(H,19,21)/t12-,14-/m1/s1.